The number of hydrogen-bond acceptors (Lipinski definition) is 5. The van der Waals surface area contributed by atoms with Crippen molar-refractivity contribution in [3.8, 4) is 0 Å². The number of aromatic carboxylic acids is 1. The number of nitrogens with two attached hydrogens (primary N) is 1. The van der Waals surface area contributed by atoms with Crippen LogP contribution >= 0.6 is 0 Å². The van der Waals surface area contributed by atoms with E-state index in [0.29, 0.717) is 0 Å². The van der Waals surface area contributed by atoms with Gasteiger partial charge in [0, 0.05) is 6.07 Å². The highest BCUT2D eigenvalue weighted by molar-refractivity contribution is 5.98. The van der Waals surface area contributed by atoms with E-state index in [0.717, 1.165) is 6.07 Å². The molecule has 0 aromatic heterocycles. The molecule has 0 aliphatic heterocycles. The van der Waals surface area contributed by atoms with Gasteiger partial charge in [0.1, 0.15) is 0 Å². The molecule has 0 spiro atoms. The molecule has 14 heavy (non-hydrogen) atoms. The molecule has 4 N–H and O–H groups in total. The van der Waals surface area contributed by atoms with Crippen LogP contribution in [0.3, 0.4) is 0 Å². The molecule has 0 heterocycles. The third kappa shape index (κ3) is 1.62. The third-order valence-electron chi connectivity index (χ3n) is 1.61. The average molecular weight is 197 g/mol. The number of anilines is 1. The van der Waals surface area contributed by atoms with Crippen LogP contribution in [0.1, 0.15) is 10.4 Å². The molecule has 0 fully saturated rings. The number of nitro groups is 1. The van der Waals surface area contributed by atoms with Crippen molar-refractivity contribution >= 4 is 17.3 Å². The summed E-state index contributed by atoms with van der Waals surface area (Å²) in [5.41, 5.74) is 1.16. The maximum absolute atomic E-state index is 10.7. The highest BCUT2D eigenvalue weighted by atomic mass is 16.6. The van der Waals surface area contributed by atoms with Gasteiger partial charge in [0.15, 0.2) is 5.56 Å². The molecular formula is C7H7N3O4. The topological polar surface area (TPSA) is 118 Å². The van der Waals surface area contributed by atoms with Gasteiger partial charge in [0.25, 0.3) is 5.69 Å². The Balaban J connectivity index is 3.43. The average Bonchev–Trinajstić information content (AvgIpc) is 2.16. The molecule has 0 radical (unpaired) electrons. The Labute approximate surface area is 78.3 Å². The minimum atomic E-state index is -1.40. The molecule has 74 valence electrons. The fourth-order valence-corrected chi connectivity index (χ4v) is 1.04. The summed E-state index contributed by atoms with van der Waals surface area (Å²) in [7, 11) is 0. The molecule has 0 bridgehead atoms. The zero-order valence-electron chi connectivity index (χ0n) is 6.93. The number of benzene rings is 1. The quantitative estimate of drug-likeness (QED) is 0.370. The number of nitrogens with one attached hydrogen (secondary N) is 1. The maximum atomic E-state index is 10.7. The van der Waals surface area contributed by atoms with Crippen LogP contribution in [0.2, 0.25) is 0 Å². The predicted molar refractivity (Wildman–Crippen MR) is 47.9 cm³/mol. The number of carbonyl (C=O) groups is 1. The molecule has 7 heteroatoms. The Bertz CT molecular complexity index is 391. The van der Waals surface area contributed by atoms with Gasteiger partial charge in [-0.3, -0.25) is 16.0 Å². The largest absolute Gasteiger partial charge is 0.477 e. The van der Waals surface area contributed by atoms with E-state index in [-0.39, 0.29) is 5.69 Å². The number of nitrogen functional groups attached to an aromatic ring is 1. The Hall–Kier alpha value is -2.15. The summed E-state index contributed by atoms with van der Waals surface area (Å²) >= 11 is 0. The molecule has 0 saturated heterocycles. The van der Waals surface area contributed by atoms with Crippen LogP contribution in [0.5, 0.6) is 0 Å². The summed E-state index contributed by atoms with van der Waals surface area (Å²) in [6, 6.07) is 3.79. The van der Waals surface area contributed by atoms with E-state index in [1.807, 2.05) is 0 Å². The lowest BCUT2D eigenvalue weighted by Crippen LogP contribution is -2.13. The lowest BCUT2D eigenvalue weighted by Gasteiger charge is -2.04. The summed E-state index contributed by atoms with van der Waals surface area (Å²) < 4.78 is 0. The second kappa shape index (κ2) is 3.71. The van der Waals surface area contributed by atoms with E-state index >= 15 is 0 Å². The number of carboxylic acids is 1. The number of hydrogen-bond donors (Lipinski definition) is 3. The van der Waals surface area contributed by atoms with Crippen molar-refractivity contribution in [2.45, 2.75) is 0 Å². The zero-order valence-corrected chi connectivity index (χ0v) is 6.93. The maximum Gasteiger partial charge on any atom is 0.344 e. The Morgan fingerprint density at radius 1 is 1.57 bits per heavy atom. The smallest absolute Gasteiger partial charge is 0.344 e. The molecule has 0 atom stereocenters. The van der Waals surface area contributed by atoms with Crippen LogP contribution in [-0.4, -0.2) is 16.0 Å². The Kier molecular flexibility index (Phi) is 2.63. The molecule has 7 nitrogen and oxygen atoms in total. The molecule has 0 aliphatic carbocycles. The molecule has 1 aromatic rings. The third-order valence-corrected chi connectivity index (χ3v) is 1.61. The first-order chi connectivity index (χ1) is 6.57. The normalized spacial score (nSPS) is 9.50. The Morgan fingerprint density at radius 3 is 2.64 bits per heavy atom. The van der Waals surface area contributed by atoms with Gasteiger partial charge in [0.2, 0.25) is 0 Å². The van der Waals surface area contributed by atoms with Crippen LogP contribution in [0, 0.1) is 10.1 Å². The second-order valence-electron chi connectivity index (χ2n) is 2.41. The summed E-state index contributed by atoms with van der Waals surface area (Å²) in [5, 5.41) is 19.2. The van der Waals surface area contributed by atoms with E-state index in [2.05, 4.69) is 5.43 Å². The van der Waals surface area contributed by atoms with Crippen molar-refractivity contribution in [3.63, 3.8) is 0 Å². The fraction of sp³-hybridized carbons (Fsp3) is 0. The highest BCUT2D eigenvalue weighted by Gasteiger charge is 2.22. The van der Waals surface area contributed by atoms with Gasteiger partial charge >= 0.3 is 5.97 Å². The molecule has 1 rings (SSSR count). The van der Waals surface area contributed by atoms with Crippen LogP contribution in [-0.2, 0) is 0 Å². The lowest BCUT2D eigenvalue weighted by molar-refractivity contribution is -0.385. The van der Waals surface area contributed by atoms with E-state index in [1.165, 1.54) is 12.1 Å². The number of rotatable bonds is 3. The molecule has 0 saturated carbocycles. The number of nitrogens with zero attached hydrogens (tertiary/aromatic N) is 1. The summed E-state index contributed by atoms with van der Waals surface area (Å²) in [6.45, 7) is 0. The van der Waals surface area contributed by atoms with E-state index in [1.54, 1.807) is 0 Å². The summed E-state index contributed by atoms with van der Waals surface area (Å²) in [4.78, 5) is 20.4. The van der Waals surface area contributed by atoms with Crippen molar-refractivity contribution in [1.29, 1.82) is 0 Å². The minimum absolute atomic E-state index is 0.00620. The highest BCUT2D eigenvalue weighted by Crippen LogP contribution is 2.25. The fourth-order valence-electron chi connectivity index (χ4n) is 1.04. The molecular weight excluding hydrogens is 190 g/mol. The van der Waals surface area contributed by atoms with Crippen molar-refractivity contribution < 1.29 is 14.8 Å². The van der Waals surface area contributed by atoms with Crippen molar-refractivity contribution in [3.05, 3.63) is 33.9 Å². The summed E-state index contributed by atoms with van der Waals surface area (Å²) in [5.74, 6) is 3.62. The molecule has 0 aliphatic rings. The first-order valence-electron chi connectivity index (χ1n) is 3.55. The van der Waals surface area contributed by atoms with Crippen LogP contribution in [0.25, 0.3) is 0 Å². The standard InChI is InChI=1S/C7H7N3O4/c8-9-4-2-1-3-5(10(13)14)6(4)7(11)12/h1-3,9H,8H2,(H,11,12). The van der Waals surface area contributed by atoms with Crippen LogP contribution < -0.4 is 11.3 Å². The second-order valence-corrected chi connectivity index (χ2v) is 2.41. The van der Waals surface area contributed by atoms with E-state index < -0.39 is 22.1 Å². The van der Waals surface area contributed by atoms with Gasteiger partial charge in [-0.2, -0.15) is 0 Å². The minimum Gasteiger partial charge on any atom is -0.477 e. The molecule has 1 aromatic carbocycles. The summed E-state index contributed by atoms with van der Waals surface area (Å²) in [6.07, 6.45) is 0. The molecule has 0 amide bonds. The van der Waals surface area contributed by atoms with Crippen LogP contribution in [0.15, 0.2) is 18.2 Å². The monoisotopic (exact) mass is 197 g/mol. The van der Waals surface area contributed by atoms with Crippen molar-refractivity contribution in [2.24, 2.45) is 5.84 Å². The Morgan fingerprint density at radius 2 is 2.21 bits per heavy atom. The van der Waals surface area contributed by atoms with E-state index in [9.17, 15) is 14.9 Å². The van der Waals surface area contributed by atoms with Gasteiger partial charge in [-0.15, -0.1) is 0 Å². The zero-order chi connectivity index (χ0) is 10.7. The number of carboxylic acid groups (broad SMARTS) is 1. The molecule has 0 unspecified atom stereocenters. The predicted octanol–water partition coefficient (Wildman–Crippen LogP) is 0.579. The first kappa shape index (κ1) is 9.93. The SMILES string of the molecule is NNc1cccc([N+](=O)[O-])c1C(=O)O. The first-order valence-corrected chi connectivity index (χ1v) is 3.55. The van der Waals surface area contributed by atoms with Crippen molar-refractivity contribution in [1.82, 2.24) is 0 Å². The van der Waals surface area contributed by atoms with Crippen LogP contribution in [0.4, 0.5) is 11.4 Å². The van der Waals surface area contributed by atoms with Gasteiger partial charge in [-0.25, -0.2) is 4.79 Å². The number of hydrazine groups is 1. The van der Waals surface area contributed by atoms with Gasteiger partial charge in [-0.05, 0) is 6.07 Å². The lowest BCUT2D eigenvalue weighted by atomic mass is 10.1. The van der Waals surface area contributed by atoms with E-state index in [4.69, 9.17) is 10.9 Å². The number of nitro benzene ring substituents is 1. The van der Waals surface area contributed by atoms with Crippen molar-refractivity contribution in [2.75, 3.05) is 5.43 Å². The van der Waals surface area contributed by atoms with Gasteiger partial charge in [-0.1, -0.05) is 6.07 Å². The van der Waals surface area contributed by atoms with Gasteiger partial charge < -0.3 is 10.5 Å². The van der Waals surface area contributed by atoms with Gasteiger partial charge in [0.05, 0.1) is 10.6 Å².